The van der Waals surface area contributed by atoms with Gasteiger partial charge in [0, 0.05) is 12.1 Å². The molecule has 0 spiro atoms. The molecule has 0 saturated carbocycles. The average molecular weight is 251 g/mol. The number of carbonyl (C=O) groups excluding carboxylic acids is 1. The molecule has 4 nitrogen and oxygen atoms in total. The van der Waals surface area contributed by atoms with Crippen molar-refractivity contribution in [2.75, 3.05) is 6.54 Å². The number of nitrogens with zero attached hydrogens (tertiary/aromatic N) is 1. The van der Waals surface area contributed by atoms with Crippen molar-refractivity contribution in [2.24, 2.45) is 0 Å². The molecule has 1 saturated heterocycles. The van der Waals surface area contributed by atoms with Crippen LogP contribution < -0.4 is 0 Å². The smallest absolute Gasteiger partial charge is 0.410 e. The van der Waals surface area contributed by atoms with Crippen LogP contribution in [0.4, 0.5) is 4.79 Å². The first-order chi connectivity index (χ1) is 8.47. The van der Waals surface area contributed by atoms with Crippen LogP contribution in [0.2, 0.25) is 0 Å². The first kappa shape index (κ1) is 13.0. The summed E-state index contributed by atoms with van der Waals surface area (Å²) in [4.78, 5) is 14.0. The molecule has 100 valence electrons. The quantitative estimate of drug-likeness (QED) is 0.763. The molecule has 2 heterocycles. The van der Waals surface area contributed by atoms with Crippen LogP contribution >= 0.6 is 0 Å². The number of rotatable bonds is 1. The molecule has 0 N–H and O–H groups in total. The van der Waals surface area contributed by atoms with E-state index >= 15 is 0 Å². The van der Waals surface area contributed by atoms with Gasteiger partial charge in [-0.05, 0) is 46.1 Å². The van der Waals surface area contributed by atoms with E-state index in [4.69, 9.17) is 9.15 Å². The fourth-order valence-electron chi connectivity index (χ4n) is 2.28. The van der Waals surface area contributed by atoms with Gasteiger partial charge in [-0.2, -0.15) is 0 Å². The Morgan fingerprint density at radius 2 is 2.22 bits per heavy atom. The van der Waals surface area contributed by atoms with Crippen molar-refractivity contribution in [2.45, 2.75) is 51.7 Å². The Bertz CT molecular complexity index is 392. The molecule has 1 amide bonds. The van der Waals surface area contributed by atoms with Crippen molar-refractivity contribution in [3.63, 3.8) is 0 Å². The van der Waals surface area contributed by atoms with Crippen LogP contribution in [0, 0.1) is 0 Å². The highest BCUT2D eigenvalue weighted by atomic mass is 16.6. The van der Waals surface area contributed by atoms with Gasteiger partial charge in [-0.3, -0.25) is 0 Å². The van der Waals surface area contributed by atoms with Crippen molar-refractivity contribution < 1.29 is 13.9 Å². The molecule has 1 aliphatic rings. The van der Waals surface area contributed by atoms with Gasteiger partial charge >= 0.3 is 6.09 Å². The molecular weight excluding hydrogens is 230 g/mol. The van der Waals surface area contributed by atoms with E-state index < -0.39 is 5.60 Å². The highest BCUT2D eigenvalue weighted by Crippen LogP contribution is 2.32. The van der Waals surface area contributed by atoms with Crippen molar-refractivity contribution in [1.82, 2.24) is 4.90 Å². The van der Waals surface area contributed by atoms with E-state index in [1.807, 2.05) is 31.7 Å². The minimum atomic E-state index is -0.449. The largest absolute Gasteiger partial charge is 0.472 e. The average Bonchev–Trinajstić information content (AvgIpc) is 2.80. The van der Waals surface area contributed by atoms with Gasteiger partial charge < -0.3 is 14.1 Å². The topological polar surface area (TPSA) is 42.7 Å². The monoisotopic (exact) mass is 251 g/mol. The highest BCUT2D eigenvalue weighted by molar-refractivity contribution is 5.69. The highest BCUT2D eigenvalue weighted by Gasteiger charge is 2.31. The zero-order valence-corrected chi connectivity index (χ0v) is 11.3. The number of hydrogen-bond acceptors (Lipinski definition) is 3. The van der Waals surface area contributed by atoms with Crippen LogP contribution in [-0.4, -0.2) is 23.1 Å². The van der Waals surface area contributed by atoms with E-state index in [-0.39, 0.29) is 12.1 Å². The number of carbonyl (C=O) groups is 1. The van der Waals surface area contributed by atoms with Crippen molar-refractivity contribution >= 4 is 6.09 Å². The number of piperidine rings is 1. The Balaban J connectivity index is 2.11. The van der Waals surface area contributed by atoms with E-state index in [0.29, 0.717) is 0 Å². The second kappa shape index (κ2) is 5.04. The van der Waals surface area contributed by atoms with E-state index in [0.717, 1.165) is 31.4 Å². The predicted molar refractivity (Wildman–Crippen MR) is 68.2 cm³/mol. The first-order valence-corrected chi connectivity index (χ1v) is 6.49. The standard InChI is InChI=1S/C14H21NO3/c1-14(2,3)18-13(16)15-8-5-4-6-12(15)11-7-9-17-10-11/h7,9-10,12H,4-6,8H2,1-3H3. The molecule has 1 unspecified atom stereocenters. The molecule has 1 fully saturated rings. The Morgan fingerprint density at radius 1 is 1.44 bits per heavy atom. The van der Waals surface area contributed by atoms with Gasteiger partial charge in [-0.1, -0.05) is 0 Å². The second-order valence-corrected chi connectivity index (χ2v) is 5.74. The summed E-state index contributed by atoms with van der Waals surface area (Å²) in [5, 5.41) is 0. The molecule has 0 bridgehead atoms. The van der Waals surface area contributed by atoms with Gasteiger partial charge in [0.2, 0.25) is 0 Å². The van der Waals surface area contributed by atoms with E-state index in [1.54, 1.807) is 12.5 Å². The van der Waals surface area contributed by atoms with Crippen molar-refractivity contribution in [3.05, 3.63) is 24.2 Å². The van der Waals surface area contributed by atoms with Crippen LogP contribution in [0.25, 0.3) is 0 Å². The summed E-state index contributed by atoms with van der Waals surface area (Å²) >= 11 is 0. The summed E-state index contributed by atoms with van der Waals surface area (Å²) < 4.78 is 10.6. The fourth-order valence-corrected chi connectivity index (χ4v) is 2.28. The Morgan fingerprint density at radius 3 is 2.83 bits per heavy atom. The molecule has 0 aromatic carbocycles. The maximum atomic E-state index is 12.2. The van der Waals surface area contributed by atoms with Gasteiger partial charge in [0.05, 0.1) is 18.6 Å². The van der Waals surface area contributed by atoms with E-state index in [1.165, 1.54) is 0 Å². The third-order valence-electron chi connectivity index (χ3n) is 3.06. The summed E-state index contributed by atoms with van der Waals surface area (Å²) in [6, 6.07) is 2.01. The summed E-state index contributed by atoms with van der Waals surface area (Å²) in [6.07, 6.45) is 6.28. The number of furan rings is 1. The normalized spacial score (nSPS) is 20.8. The molecule has 0 aliphatic carbocycles. The first-order valence-electron chi connectivity index (χ1n) is 6.49. The van der Waals surface area contributed by atoms with Crippen molar-refractivity contribution in [3.8, 4) is 0 Å². The molecule has 1 aromatic heterocycles. The van der Waals surface area contributed by atoms with Gasteiger partial charge in [0.25, 0.3) is 0 Å². The minimum absolute atomic E-state index is 0.0901. The number of ether oxygens (including phenoxy) is 1. The number of amides is 1. The lowest BCUT2D eigenvalue weighted by Gasteiger charge is -2.36. The third kappa shape index (κ3) is 3.06. The van der Waals surface area contributed by atoms with Crippen LogP contribution in [0.3, 0.4) is 0 Å². The summed E-state index contributed by atoms with van der Waals surface area (Å²) in [5.74, 6) is 0. The summed E-state index contributed by atoms with van der Waals surface area (Å²) in [6.45, 7) is 6.43. The molecule has 1 aliphatic heterocycles. The van der Waals surface area contributed by atoms with Gasteiger partial charge in [-0.15, -0.1) is 0 Å². The molecule has 2 rings (SSSR count). The lowest BCUT2D eigenvalue weighted by molar-refractivity contribution is 0.00946. The van der Waals surface area contributed by atoms with Crippen LogP contribution in [-0.2, 0) is 4.74 Å². The van der Waals surface area contributed by atoms with Gasteiger partial charge in [0.15, 0.2) is 0 Å². The summed E-state index contributed by atoms with van der Waals surface area (Å²) in [7, 11) is 0. The lowest BCUT2D eigenvalue weighted by Crippen LogP contribution is -2.41. The van der Waals surface area contributed by atoms with E-state index in [9.17, 15) is 4.79 Å². The van der Waals surface area contributed by atoms with Crippen LogP contribution in [0.15, 0.2) is 23.0 Å². The fraction of sp³-hybridized carbons (Fsp3) is 0.643. The van der Waals surface area contributed by atoms with Gasteiger partial charge in [-0.25, -0.2) is 4.79 Å². The Kier molecular flexibility index (Phi) is 3.64. The molecule has 18 heavy (non-hydrogen) atoms. The lowest BCUT2D eigenvalue weighted by atomic mass is 9.98. The maximum Gasteiger partial charge on any atom is 0.410 e. The molecule has 4 heteroatoms. The number of hydrogen-bond donors (Lipinski definition) is 0. The van der Waals surface area contributed by atoms with Gasteiger partial charge in [0.1, 0.15) is 5.60 Å². The van der Waals surface area contributed by atoms with Crippen LogP contribution in [0.5, 0.6) is 0 Å². The zero-order valence-electron chi connectivity index (χ0n) is 11.3. The Labute approximate surface area is 108 Å². The SMILES string of the molecule is CC(C)(C)OC(=O)N1CCCCC1c1ccoc1. The molecule has 0 radical (unpaired) electrons. The minimum Gasteiger partial charge on any atom is -0.472 e. The number of likely N-dealkylation sites (tertiary alicyclic amines) is 1. The maximum absolute atomic E-state index is 12.2. The third-order valence-corrected chi connectivity index (χ3v) is 3.06. The Hall–Kier alpha value is -1.45. The second-order valence-electron chi connectivity index (χ2n) is 5.74. The van der Waals surface area contributed by atoms with Crippen LogP contribution in [0.1, 0.15) is 51.6 Å². The molecule has 1 atom stereocenters. The molecular formula is C14H21NO3. The molecule has 1 aromatic rings. The predicted octanol–water partition coefficient (Wildman–Crippen LogP) is 3.74. The van der Waals surface area contributed by atoms with Crippen molar-refractivity contribution in [1.29, 1.82) is 0 Å². The summed E-state index contributed by atoms with van der Waals surface area (Å²) in [5.41, 5.74) is 0.607. The van der Waals surface area contributed by atoms with E-state index in [2.05, 4.69) is 0 Å². The zero-order chi connectivity index (χ0) is 13.2.